The quantitative estimate of drug-likeness (QED) is 0.725. The van der Waals surface area contributed by atoms with Crippen LogP contribution in [0.5, 0.6) is 0 Å². The molecule has 2 N–H and O–H groups in total. The van der Waals surface area contributed by atoms with Gasteiger partial charge in [-0.05, 0) is 29.5 Å². The Balaban J connectivity index is 1.34. The summed E-state index contributed by atoms with van der Waals surface area (Å²) in [6.07, 6.45) is 2.64. The predicted octanol–water partition coefficient (Wildman–Crippen LogP) is 4.15. The van der Waals surface area contributed by atoms with E-state index in [1.807, 2.05) is 54.6 Å². The van der Waals surface area contributed by atoms with Gasteiger partial charge in [0.15, 0.2) is 0 Å². The Bertz CT molecular complexity index is 891. The van der Waals surface area contributed by atoms with Crippen molar-refractivity contribution in [1.29, 1.82) is 0 Å². The molecule has 5 heteroatoms. The van der Waals surface area contributed by atoms with E-state index >= 15 is 0 Å². The molecule has 0 unspecified atom stereocenters. The van der Waals surface area contributed by atoms with Crippen LogP contribution in [0.1, 0.15) is 23.7 Å². The van der Waals surface area contributed by atoms with Gasteiger partial charge in [-0.3, -0.25) is 4.79 Å². The zero-order valence-electron chi connectivity index (χ0n) is 13.6. The first-order chi connectivity index (χ1) is 12.2. The number of imidazole rings is 1. The molecule has 4 nitrogen and oxygen atoms in total. The monoisotopic (exact) mass is 351 g/mol. The van der Waals surface area contributed by atoms with Crippen molar-refractivity contribution in [2.75, 3.05) is 0 Å². The van der Waals surface area contributed by atoms with E-state index in [2.05, 4.69) is 15.3 Å². The van der Waals surface area contributed by atoms with Gasteiger partial charge in [-0.15, -0.1) is 0 Å². The lowest BCUT2D eigenvalue weighted by molar-refractivity contribution is -0.122. The summed E-state index contributed by atoms with van der Waals surface area (Å²) >= 11 is 6.22. The van der Waals surface area contributed by atoms with Crippen LogP contribution in [0.3, 0.4) is 0 Å². The molecular formula is C20H18ClN3O. The van der Waals surface area contributed by atoms with Crippen LogP contribution in [-0.4, -0.2) is 15.9 Å². The lowest BCUT2D eigenvalue weighted by Crippen LogP contribution is -2.25. The van der Waals surface area contributed by atoms with E-state index in [0.29, 0.717) is 6.54 Å². The number of benzene rings is 2. The van der Waals surface area contributed by atoms with Crippen molar-refractivity contribution in [3.05, 3.63) is 77.2 Å². The van der Waals surface area contributed by atoms with Crippen molar-refractivity contribution in [3.63, 3.8) is 0 Å². The summed E-state index contributed by atoms with van der Waals surface area (Å²) in [7, 11) is 0. The maximum Gasteiger partial charge on any atom is 0.224 e. The maximum atomic E-state index is 12.4. The number of amides is 1. The van der Waals surface area contributed by atoms with Crippen LogP contribution in [0.4, 0.5) is 0 Å². The number of rotatable bonds is 5. The van der Waals surface area contributed by atoms with Crippen molar-refractivity contribution in [2.24, 2.45) is 5.92 Å². The molecule has 1 saturated carbocycles. The predicted molar refractivity (Wildman–Crippen MR) is 98.2 cm³/mol. The van der Waals surface area contributed by atoms with E-state index in [1.54, 1.807) is 6.20 Å². The minimum atomic E-state index is 0.00320. The van der Waals surface area contributed by atoms with Gasteiger partial charge in [0.25, 0.3) is 0 Å². The van der Waals surface area contributed by atoms with Crippen molar-refractivity contribution in [2.45, 2.75) is 18.9 Å². The molecule has 4 rings (SSSR count). The number of aromatic amines is 1. The molecule has 1 aliphatic carbocycles. The Morgan fingerprint density at radius 1 is 1.16 bits per heavy atom. The number of hydrogen-bond acceptors (Lipinski definition) is 2. The van der Waals surface area contributed by atoms with Crippen molar-refractivity contribution in [3.8, 4) is 11.3 Å². The molecule has 0 spiro atoms. The van der Waals surface area contributed by atoms with E-state index in [4.69, 9.17) is 11.6 Å². The Kier molecular flexibility index (Phi) is 4.28. The largest absolute Gasteiger partial charge is 0.349 e. The number of aromatic nitrogens is 2. The van der Waals surface area contributed by atoms with Crippen LogP contribution >= 0.6 is 11.6 Å². The summed E-state index contributed by atoms with van der Waals surface area (Å²) in [4.78, 5) is 19.9. The van der Waals surface area contributed by atoms with Gasteiger partial charge < -0.3 is 10.3 Å². The molecule has 3 aromatic rings. The molecule has 25 heavy (non-hydrogen) atoms. The lowest BCUT2D eigenvalue weighted by atomic mass is 10.1. The highest BCUT2D eigenvalue weighted by molar-refractivity contribution is 6.31. The number of carbonyl (C=O) groups is 1. The fourth-order valence-electron chi connectivity index (χ4n) is 3.12. The van der Waals surface area contributed by atoms with Crippen LogP contribution in [-0.2, 0) is 11.3 Å². The number of hydrogen-bond donors (Lipinski definition) is 2. The van der Waals surface area contributed by atoms with E-state index in [0.717, 1.165) is 34.1 Å². The van der Waals surface area contributed by atoms with Gasteiger partial charge in [0.2, 0.25) is 5.91 Å². The number of H-pyrrole nitrogens is 1. The second-order valence-electron chi connectivity index (χ2n) is 6.30. The average molecular weight is 352 g/mol. The Labute approximate surface area is 151 Å². The summed E-state index contributed by atoms with van der Waals surface area (Å²) in [6, 6.07) is 17.7. The molecule has 1 aromatic heterocycles. The van der Waals surface area contributed by atoms with Crippen molar-refractivity contribution < 1.29 is 4.79 Å². The van der Waals surface area contributed by atoms with Crippen LogP contribution in [0.25, 0.3) is 11.3 Å². The molecule has 1 heterocycles. The highest BCUT2D eigenvalue weighted by Gasteiger charge is 2.44. The van der Waals surface area contributed by atoms with Gasteiger partial charge in [0, 0.05) is 10.9 Å². The van der Waals surface area contributed by atoms with E-state index in [-0.39, 0.29) is 17.7 Å². The summed E-state index contributed by atoms with van der Waals surface area (Å²) in [5.74, 6) is 1.04. The number of carbonyl (C=O) groups excluding carboxylic acids is 1. The highest BCUT2D eigenvalue weighted by Crippen LogP contribution is 2.49. The minimum absolute atomic E-state index is 0.00320. The molecular weight excluding hydrogens is 334 g/mol. The summed E-state index contributed by atoms with van der Waals surface area (Å²) in [5, 5.41) is 3.71. The third kappa shape index (κ3) is 3.44. The molecule has 126 valence electrons. The van der Waals surface area contributed by atoms with Crippen molar-refractivity contribution in [1.82, 2.24) is 15.3 Å². The normalized spacial score (nSPS) is 18.8. The fraction of sp³-hybridized carbons (Fsp3) is 0.200. The summed E-state index contributed by atoms with van der Waals surface area (Å²) in [5.41, 5.74) is 3.09. The Morgan fingerprint density at radius 2 is 1.92 bits per heavy atom. The van der Waals surface area contributed by atoms with Gasteiger partial charge in [-0.2, -0.15) is 0 Å². The first kappa shape index (κ1) is 15.9. The van der Waals surface area contributed by atoms with Gasteiger partial charge >= 0.3 is 0 Å². The van der Waals surface area contributed by atoms with Crippen LogP contribution in [0, 0.1) is 5.92 Å². The molecule has 0 radical (unpaired) electrons. The molecule has 0 aliphatic heterocycles. The topological polar surface area (TPSA) is 57.8 Å². The van der Waals surface area contributed by atoms with Gasteiger partial charge in [-0.25, -0.2) is 4.98 Å². The molecule has 1 aliphatic rings. The summed E-state index contributed by atoms with van der Waals surface area (Å²) in [6.45, 7) is 0.400. The Morgan fingerprint density at radius 3 is 2.72 bits per heavy atom. The maximum absolute atomic E-state index is 12.4. The SMILES string of the molecule is O=C(NCc1ncc(-c2ccccc2)[nH]1)[C@@H]1C[C@@H]1c1ccccc1Cl. The van der Waals surface area contributed by atoms with Crippen LogP contribution < -0.4 is 5.32 Å². The minimum Gasteiger partial charge on any atom is -0.349 e. The first-order valence-electron chi connectivity index (χ1n) is 8.34. The third-order valence-electron chi connectivity index (χ3n) is 4.58. The van der Waals surface area contributed by atoms with Crippen LogP contribution in [0.2, 0.25) is 5.02 Å². The van der Waals surface area contributed by atoms with Crippen molar-refractivity contribution >= 4 is 17.5 Å². The first-order valence-corrected chi connectivity index (χ1v) is 8.71. The number of halogens is 1. The smallest absolute Gasteiger partial charge is 0.224 e. The van der Waals surface area contributed by atoms with Gasteiger partial charge in [-0.1, -0.05) is 60.1 Å². The average Bonchev–Trinajstić information content (AvgIpc) is 3.30. The fourth-order valence-corrected chi connectivity index (χ4v) is 3.40. The molecule has 1 amide bonds. The molecule has 2 aromatic carbocycles. The molecule has 0 saturated heterocycles. The molecule has 2 atom stereocenters. The molecule has 1 fully saturated rings. The zero-order chi connectivity index (χ0) is 17.2. The Hall–Kier alpha value is -2.59. The highest BCUT2D eigenvalue weighted by atomic mass is 35.5. The second kappa shape index (κ2) is 6.73. The van der Waals surface area contributed by atoms with E-state index in [9.17, 15) is 4.79 Å². The van der Waals surface area contributed by atoms with E-state index in [1.165, 1.54) is 0 Å². The van der Waals surface area contributed by atoms with E-state index < -0.39 is 0 Å². The summed E-state index contributed by atoms with van der Waals surface area (Å²) < 4.78 is 0. The molecule has 0 bridgehead atoms. The number of nitrogens with one attached hydrogen (secondary N) is 2. The third-order valence-corrected chi connectivity index (χ3v) is 4.92. The zero-order valence-corrected chi connectivity index (χ0v) is 14.3. The lowest BCUT2D eigenvalue weighted by Gasteiger charge is -2.05. The second-order valence-corrected chi connectivity index (χ2v) is 6.70. The van der Waals surface area contributed by atoms with Gasteiger partial charge in [0.1, 0.15) is 5.82 Å². The number of nitrogens with zero attached hydrogens (tertiary/aromatic N) is 1. The van der Waals surface area contributed by atoms with Crippen LogP contribution in [0.15, 0.2) is 60.8 Å². The standard InChI is InChI=1S/C20H18ClN3O/c21-17-9-5-4-8-14(17)15-10-16(15)20(25)23-12-19-22-11-18(24-19)13-6-2-1-3-7-13/h1-9,11,15-16H,10,12H2,(H,22,24)(H,23,25)/t15-,16-/m1/s1. The van der Waals surface area contributed by atoms with Gasteiger partial charge in [0.05, 0.1) is 18.4 Å².